The zero-order valence-corrected chi connectivity index (χ0v) is 13.0. The minimum Gasteiger partial charge on any atom is -0.394 e. The van der Waals surface area contributed by atoms with Gasteiger partial charge in [0.05, 0.1) is 25.4 Å². The van der Waals surface area contributed by atoms with E-state index in [0.29, 0.717) is 6.61 Å². The fourth-order valence-electron chi connectivity index (χ4n) is 2.85. The topological polar surface area (TPSA) is 138 Å². The molecule has 0 aromatic rings. The second-order valence-electron chi connectivity index (χ2n) is 5.73. The quantitative estimate of drug-likeness (QED) is 0.362. The summed E-state index contributed by atoms with van der Waals surface area (Å²) >= 11 is 0. The van der Waals surface area contributed by atoms with E-state index in [1.165, 1.54) is 0 Å². The Kier molecular flexibility index (Phi) is 7.14. The van der Waals surface area contributed by atoms with Crippen molar-refractivity contribution in [2.75, 3.05) is 19.8 Å². The van der Waals surface area contributed by atoms with Gasteiger partial charge in [-0.05, 0) is 6.92 Å². The molecule has 2 rings (SSSR count). The molecule has 0 amide bonds. The van der Waals surface area contributed by atoms with E-state index in [0.717, 1.165) is 0 Å². The van der Waals surface area contributed by atoms with Crippen LogP contribution >= 0.6 is 0 Å². The van der Waals surface area contributed by atoms with Crippen molar-refractivity contribution in [1.82, 2.24) is 0 Å². The first kappa shape index (κ1) is 19.0. The van der Waals surface area contributed by atoms with Crippen molar-refractivity contribution in [2.45, 2.75) is 69.0 Å². The molecule has 0 radical (unpaired) electrons. The Bertz CT molecular complexity index is 355. The summed E-state index contributed by atoms with van der Waals surface area (Å²) in [6, 6.07) is 0. The molecule has 2 aliphatic heterocycles. The summed E-state index contributed by atoms with van der Waals surface area (Å²) < 4.78 is 21.8. The van der Waals surface area contributed by atoms with Gasteiger partial charge in [0.1, 0.15) is 24.4 Å². The van der Waals surface area contributed by atoms with E-state index in [1.807, 2.05) is 0 Å². The van der Waals surface area contributed by atoms with Crippen molar-refractivity contribution < 1.29 is 44.5 Å². The van der Waals surface area contributed by atoms with Gasteiger partial charge in [-0.3, -0.25) is 0 Å². The average Bonchev–Trinajstić information content (AvgIpc) is 2.53. The van der Waals surface area contributed by atoms with Crippen LogP contribution in [0.1, 0.15) is 19.8 Å². The molecule has 0 spiro atoms. The number of hydrogen-bond donors (Lipinski definition) is 5. The molecule has 2 aliphatic rings. The molecule has 136 valence electrons. The Hall–Kier alpha value is -0.360. The molecule has 2 heterocycles. The lowest BCUT2D eigenvalue weighted by atomic mass is 10.00. The van der Waals surface area contributed by atoms with E-state index in [2.05, 4.69) is 0 Å². The van der Waals surface area contributed by atoms with Gasteiger partial charge in [-0.1, -0.05) is 0 Å². The maximum Gasteiger partial charge on any atom is 0.161 e. The zero-order valence-electron chi connectivity index (χ0n) is 13.0. The van der Waals surface area contributed by atoms with Crippen LogP contribution < -0.4 is 0 Å². The van der Waals surface area contributed by atoms with E-state index in [4.69, 9.17) is 24.1 Å². The Labute approximate surface area is 134 Å². The predicted molar refractivity (Wildman–Crippen MR) is 75.2 cm³/mol. The van der Waals surface area contributed by atoms with Gasteiger partial charge in [0.2, 0.25) is 0 Å². The van der Waals surface area contributed by atoms with E-state index in [1.54, 1.807) is 6.92 Å². The summed E-state index contributed by atoms with van der Waals surface area (Å²) in [6.45, 7) is 1.35. The molecule has 9 heteroatoms. The zero-order chi connectivity index (χ0) is 17.0. The van der Waals surface area contributed by atoms with Gasteiger partial charge in [-0.2, -0.15) is 0 Å². The highest BCUT2D eigenvalue weighted by molar-refractivity contribution is 4.87. The first-order chi connectivity index (χ1) is 11.0. The highest BCUT2D eigenvalue weighted by atomic mass is 16.7. The van der Waals surface area contributed by atoms with Crippen molar-refractivity contribution >= 4 is 0 Å². The number of aliphatic hydroxyl groups is 5. The van der Waals surface area contributed by atoms with Crippen LogP contribution in [0.25, 0.3) is 0 Å². The Morgan fingerprint density at radius 3 is 2.13 bits per heavy atom. The van der Waals surface area contributed by atoms with Gasteiger partial charge in [0.15, 0.2) is 12.6 Å². The van der Waals surface area contributed by atoms with Crippen LogP contribution in [0.5, 0.6) is 0 Å². The van der Waals surface area contributed by atoms with Crippen molar-refractivity contribution in [2.24, 2.45) is 0 Å². The molecule has 9 nitrogen and oxygen atoms in total. The van der Waals surface area contributed by atoms with Gasteiger partial charge >= 0.3 is 0 Å². The van der Waals surface area contributed by atoms with Crippen LogP contribution in [0.15, 0.2) is 0 Å². The van der Waals surface area contributed by atoms with E-state index < -0.39 is 55.8 Å². The van der Waals surface area contributed by atoms with E-state index in [-0.39, 0.29) is 19.4 Å². The molecule has 3 unspecified atom stereocenters. The van der Waals surface area contributed by atoms with Gasteiger partial charge in [-0.25, -0.2) is 0 Å². The van der Waals surface area contributed by atoms with Crippen LogP contribution in [0, 0.1) is 0 Å². The lowest BCUT2D eigenvalue weighted by Gasteiger charge is -2.42. The molecule has 0 aromatic heterocycles. The fraction of sp³-hybridized carbons (Fsp3) is 1.00. The van der Waals surface area contributed by atoms with Crippen molar-refractivity contribution in [3.63, 3.8) is 0 Å². The first-order valence-corrected chi connectivity index (χ1v) is 7.84. The third-order valence-electron chi connectivity index (χ3n) is 4.06. The number of rotatable bonds is 6. The molecule has 0 aromatic carbocycles. The highest BCUT2D eigenvalue weighted by Gasteiger charge is 2.43. The van der Waals surface area contributed by atoms with Crippen molar-refractivity contribution in [3.8, 4) is 0 Å². The summed E-state index contributed by atoms with van der Waals surface area (Å²) in [4.78, 5) is 0. The van der Waals surface area contributed by atoms with Gasteiger partial charge in [0.25, 0.3) is 0 Å². The maximum atomic E-state index is 10.2. The Balaban J connectivity index is 1.97. The second kappa shape index (κ2) is 8.65. The Morgan fingerprint density at radius 2 is 1.52 bits per heavy atom. The minimum atomic E-state index is -1.21. The van der Waals surface area contributed by atoms with Crippen LogP contribution in [0.2, 0.25) is 0 Å². The monoisotopic (exact) mass is 338 g/mol. The first-order valence-electron chi connectivity index (χ1n) is 7.84. The van der Waals surface area contributed by atoms with E-state index >= 15 is 0 Å². The van der Waals surface area contributed by atoms with Crippen LogP contribution in [0.3, 0.4) is 0 Å². The summed E-state index contributed by atoms with van der Waals surface area (Å²) in [5.74, 6) is 0. The molecular weight excluding hydrogens is 312 g/mol. The molecule has 2 saturated heterocycles. The van der Waals surface area contributed by atoms with Crippen LogP contribution in [-0.2, 0) is 18.9 Å². The van der Waals surface area contributed by atoms with Crippen molar-refractivity contribution in [3.05, 3.63) is 0 Å². The third kappa shape index (κ3) is 4.59. The lowest BCUT2D eigenvalue weighted by molar-refractivity contribution is -0.320. The molecular formula is C14H26O9. The smallest absolute Gasteiger partial charge is 0.161 e. The number of aliphatic hydroxyl groups excluding tert-OH is 5. The van der Waals surface area contributed by atoms with Crippen LogP contribution in [-0.4, -0.2) is 94.6 Å². The summed E-state index contributed by atoms with van der Waals surface area (Å²) in [5.41, 5.74) is 0. The highest BCUT2D eigenvalue weighted by Crippen LogP contribution is 2.28. The summed E-state index contributed by atoms with van der Waals surface area (Å²) in [6.07, 6.45) is -7.33. The Morgan fingerprint density at radius 1 is 0.913 bits per heavy atom. The standard InChI is InChI=1S/C14H26O9/c1-2-20-11-4-8(18)14(10(6-16)22-11)23-12-3-7(17)13(19)9(5-15)21-12/h7-19H,2-6H2,1H3/t7?,8-,9?,10-,11?,12-,13+,14+/m1/s1. The van der Waals surface area contributed by atoms with Gasteiger partial charge in [-0.15, -0.1) is 0 Å². The lowest BCUT2D eigenvalue weighted by Crippen LogP contribution is -2.56. The molecule has 23 heavy (non-hydrogen) atoms. The summed E-state index contributed by atoms with van der Waals surface area (Å²) in [5, 5.41) is 48.3. The largest absolute Gasteiger partial charge is 0.394 e. The fourth-order valence-corrected chi connectivity index (χ4v) is 2.85. The van der Waals surface area contributed by atoms with Crippen LogP contribution in [0.4, 0.5) is 0 Å². The van der Waals surface area contributed by atoms with E-state index in [9.17, 15) is 20.4 Å². The predicted octanol–water partition coefficient (Wildman–Crippen LogP) is -2.29. The van der Waals surface area contributed by atoms with Gasteiger partial charge < -0.3 is 44.5 Å². The third-order valence-corrected chi connectivity index (χ3v) is 4.06. The maximum absolute atomic E-state index is 10.2. The minimum absolute atomic E-state index is 0.0199. The SMILES string of the molecule is CCOC1C[C@@H](O)[C@H](O[C@@H]2CC(O)[C@H](O)C(CO)O2)[C@@H](CO)O1. The molecule has 8 atom stereocenters. The summed E-state index contributed by atoms with van der Waals surface area (Å²) in [7, 11) is 0. The molecule has 0 bridgehead atoms. The molecule has 0 aliphatic carbocycles. The average molecular weight is 338 g/mol. The molecule has 2 fully saturated rings. The van der Waals surface area contributed by atoms with Gasteiger partial charge in [0, 0.05) is 19.4 Å². The molecule has 0 saturated carbocycles. The second-order valence-corrected chi connectivity index (χ2v) is 5.73. The number of hydrogen-bond acceptors (Lipinski definition) is 9. The normalized spacial score (nSPS) is 45.1. The number of ether oxygens (including phenoxy) is 4. The van der Waals surface area contributed by atoms with Crippen molar-refractivity contribution in [1.29, 1.82) is 0 Å². The molecule has 5 N–H and O–H groups in total.